The molecule has 0 aliphatic carbocycles. The van der Waals surface area contributed by atoms with Crippen LogP contribution in [-0.2, 0) is 17.8 Å². The monoisotopic (exact) mass is 477 g/mol. The van der Waals surface area contributed by atoms with Gasteiger partial charge in [0.05, 0.1) is 18.5 Å². The summed E-state index contributed by atoms with van der Waals surface area (Å²) in [5.41, 5.74) is 2.71. The van der Waals surface area contributed by atoms with Crippen molar-refractivity contribution in [3.63, 3.8) is 0 Å². The Morgan fingerprint density at radius 2 is 1.76 bits per heavy atom. The van der Waals surface area contributed by atoms with Crippen LogP contribution in [0.15, 0.2) is 66.7 Å². The summed E-state index contributed by atoms with van der Waals surface area (Å²) in [7, 11) is 1.29. The molecule has 8 heteroatoms. The summed E-state index contributed by atoms with van der Waals surface area (Å²) in [5.74, 6) is -1.44. The van der Waals surface area contributed by atoms with E-state index in [0.29, 0.717) is 22.4 Å². The third-order valence-corrected chi connectivity index (χ3v) is 6.49. The molecule has 0 unspecified atom stereocenters. The van der Waals surface area contributed by atoms with Crippen molar-refractivity contribution in [2.75, 3.05) is 19.0 Å². The van der Waals surface area contributed by atoms with Crippen molar-refractivity contribution in [3.05, 3.63) is 94.2 Å². The SMILES string of the molecule is CCN(Cc1ccccc1)Cc1ccc2c(NC(=O)c3ccc(F)cc3)c(C(=O)OC)sc2n1. The lowest BCUT2D eigenvalue weighted by molar-refractivity contribution is 0.0607. The zero-order valence-electron chi connectivity index (χ0n) is 18.9. The number of anilines is 1. The van der Waals surface area contributed by atoms with E-state index in [-0.39, 0.29) is 10.4 Å². The van der Waals surface area contributed by atoms with Gasteiger partial charge in [0, 0.05) is 24.0 Å². The maximum atomic E-state index is 13.2. The molecule has 2 heterocycles. The highest BCUT2D eigenvalue weighted by Gasteiger charge is 2.22. The zero-order valence-corrected chi connectivity index (χ0v) is 19.7. The molecule has 0 aliphatic heterocycles. The first-order valence-corrected chi connectivity index (χ1v) is 11.6. The molecule has 0 spiro atoms. The Morgan fingerprint density at radius 3 is 2.44 bits per heavy atom. The number of hydrogen-bond acceptors (Lipinski definition) is 6. The first-order valence-electron chi connectivity index (χ1n) is 10.8. The van der Waals surface area contributed by atoms with Gasteiger partial charge in [0.2, 0.25) is 0 Å². The highest BCUT2D eigenvalue weighted by molar-refractivity contribution is 7.21. The maximum absolute atomic E-state index is 13.2. The third-order valence-electron chi connectivity index (χ3n) is 5.41. The standard InChI is InChI=1S/C26H24FN3O3S/c1-3-30(15-17-7-5-4-6-8-17)16-20-13-14-21-22(23(26(32)33-2)34-25(21)28-20)29-24(31)18-9-11-19(27)12-10-18/h4-14H,3,15-16H2,1-2H3,(H,29,31). The molecule has 0 saturated carbocycles. The van der Waals surface area contributed by atoms with Gasteiger partial charge in [0.1, 0.15) is 15.5 Å². The molecule has 4 rings (SSSR count). The van der Waals surface area contributed by atoms with Gasteiger partial charge in [-0.1, -0.05) is 37.3 Å². The van der Waals surface area contributed by atoms with Crippen molar-refractivity contribution >= 4 is 39.1 Å². The molecule has 0 radical (unpaired) electrons. The summed E-state index contributed by atoms with van der Waals surface area (Å²) in [6.07, 6.45) is 0. The van der Waals surface area contributed by atoms with E-state index in [1.165, 1.54) is 48.3 Å². The molecule has 1 amide bonds. The number of pyridine rings is 1. The molecule has 34 heavy (non-hydrogen) atoms. The number of amides is 1. The number of methoxy groups -OCH3 is 1. The van der Waals surface area contributed by atoms with Gasteiger partial charge in [0.15, 0.2) is 0 Å². The maximum Gasteiger partial charge on any atom is 0.350 e. The molecule has 4 aromatic rings. The van der Waals surface area contributed by atoms with Crippen molar-refractivity contribution in [2.24, 2.45) is 0 Å². The number of carbonyl (C=O) groups excluding carboxylic acids is 2. The number of fused-ring (bicyclic) bond motifs is 1. The Labute approximate surface area is 201 Å². The van der Waals surface area contributed by atoms with E-state index in [4.69, 9.17) is 9.72 Å². The Morgan fingerprint density at radius 1 is 1.03 bits per heavy atom. The number of nitrogens with one attached hydrogen (secondary N) is 1. The number of rotatable bonds is 8. The van der Waals surface area contributed by atoms with Crippen LogP contribution >= 0.6 is 11.3 Å². The van der Waals surface area contributed by atoms with Crippen LogP contribution < -0.4 is 5.32 Å². The van der Waals surface area contributed by atoms with E-state index in [0.717, 1.165) is 18.8 Å². The molecule has 174 valence electrons. The minimum atomic E-state index is -0.557. The summed E-state index contributed by atoms with van der Waals surface area (Å²) >= 11 is 1.17. The van der Waals surface area contributed by atoms with Crippen LogP contribution in [0, 0.1) is 5.82 Å². The Kier molecular flexibility index (Phi) is 7.30. The summed E-state index contributed by atoms with van der Waals surface area (Å²) < 4.78 is 18.1. The average molecular weight is 478 g/mol. The first kappa shape index (κ1) is 23.5. The molecule has 2 aromatic heterocycles. The Bertz CT molecular complexity index is 1310. The van der Waals surface area contributed by atoms with Crippen LogP contribution in [0.1, 0.15) is 38.2 Å². The van der Waals surface area contributed by atoms with Gasteiger partial charge in [-0.3, -0.25) is 9.69 Å². The number of nitrogens with zero attached hydrogens (tertiary/aromatic N) is 2. The van der Waals surface area contributed by atoms with Crippen LogP contribution in [0.5, 0.6) is 0 Å². The molecular formula is C26H24FN3O3S. The minimum Gasteiger partial charge on any atom is -0.465 e. The first-order chi connectivity index (χ1) is 16.5. The predicted octanol–water partition coefficient (Wildman–Crippen LogP) is 5.50. The van der Waals surface area contributed by atoms with Crippen molar-refractivity contribution in [1.82, 2.24) is 9.88 Å². The van der Waals surface area contributed by atoms with Crippen molar-refractivity contribution in [3.8, 4) is 0 Å². The topological polar surface area (TPSA) is 71.5 Å². The fraction of sp³-hybridized carbons (Fsp3) is 0.192. The molecule has 0 atom stereocenters. The quantitative estimate of drug-likeness (QED) is 0.340. The predicted molar refractivity (Wildman–Crippen MR) is 132 cm³/mol. The largest absolute Gasteiger partial charge is 0.465 e. The van der Waals surface area contributed by atoms with E-state index >= 15 is 0 Å². The molecule has 1 N–H and O–H groups in total. The number of aromatic nitrogens is 1. The molecule has 0 aliphatic rings. The third kappa shape index (κ3) is 5.30. The van der Waals surface area contributed by atoms with Gasteiger partial charge in [0.25, 0.3) is 5.91 Å². The second-order valence-corrected chi connectivity index (χ2v) is 8.70. The lowest BCUT2D eigenvalue weighted by Gasteiger charge is -2.20. The second-order valence-electron chi connectivity index (χ2n) is 7.70. The minimum absolute atomic E-state index is 0.259. The number of carbonyl (C=O) groups is 2. The van der Waals surface area contributed by atoms with E-state index in [9.17, 15) is 14.0 Å². The molecule has 0 fully saturated rings. The van der Waals surface area contributed by atoms with Crippen molar-refractivity contribution in [2.45, 2.75) is 20.0 Å². The smallest absolute Gasteiger partial charge is 0.350 e. The summed E-state index contributed by atoms with van der Waals surface area (Å²) in [5, 5.41) is 3.44. The number of esters is 1. The van der Waals surface area contributed by atoms with Crippen LogP contribution in [0.2, 0.25) is 0 Å². The van der Waals surface area contributed by atoms with Crippen LogP contribution in [-0.4, -0.2) is 35.4 Å². The fourth-order valence-electron chi connectivity index (χ4n) is 3.60. The lowest BCUT2D eigenvalue weighted by atomic mass is 10.2. The average Bonchev–Trinajstić information content (AvgIpc) is 3.21. The number of halogens is 1. The fourth-order valence-corrected chi connectivity index (χ4v) is 4.67. The van der Waals surface area contributed by atoms with Gasteiger partial charge in [-0.15, -0.1) is 11.3 Å². The van der Waals surface area contributed by atoms with Crippen LogP contribution in [0.25, 0.3) is 10.2 Å². The summed E-state index contributed by atoms with van der Waals surface area (Å²) in [4.78, 5) is 33.1. The molecule has 0 saturated heterocycles. The van der Waals surface area contributed by atoms with Crippen molar-refractivity contribution in [1.29, 1.82) is 0 Å². The number of ether oxygens (including phenoxy) is 1. The van der Waals surface area contributed by atoms with Gasteiger partial charge >= 0.3 is 5.97 Å². The Hall–Kier alpha value is -3.62. The number of hydrogen-bond donors (Lipinski definition) is 1. The van der Waals surface area contributed by atoms with Crippen LogP contribution in [0.3, 0.4) is 0 Å². The normalized spacial score (nSPS) is 11.1. The zero-order chi connectivity index (χ0) is 24.1. The molecule has 0 bridgehead atoms. The second kappa shape index (κ2) is 10.5. The van der Waals surface area contributed by atoms with Crippen molar-refractivity contribution < 1.29 is 18.7 Å². The highest BCUT2D eigenvalue weighted by atomic mass is 32.1. The molecule has 2 aromatic carbocycles. The summed E-state index contributed by atoms with van der Waals surface area (Å²) in [6, 6.07) is 19.2. The van der Waals surface area contributed by atoms with E-state index in [1.54, 1.807) is 0 Å². The van der Waals surface area contributed by atoms with E-state index < -0.39 is 17.7 Å². The van der Waals surface area contributed by atoms with E-state index in [2.05, 4.69) is 29.3 Å². The van der Waals surface area contributed by atoms with Gasteiger partial charge in [-0.05, 0) is 48.5 Å². The Balaban J connectivity index is 1.62. The lowest BCUT2D eigenvalue weighted by Crippen LogP contribution is -2.22. The molecular weight excluding hydrogens is 453 g/mol. The van der Waals surface area contributed by atoms with E-state index in [1.807, 2.05) is 30.3 Å². The molecule has 6 nitrogen and oxygen atoms in total. The van der Waals surface area contributed by atoms with Gasteiger partial charge in [-0.25, -0.2) is 14.2 Å². The van der Waals surface area contributed by atoms with Gasteiger partial charge in [-0.2, -0.15) is 0 Å². The number of benzene rings is 2. The summed E-state index contributed by atoms with van der Waals surface area (Å²) in [6.45, 7) is 4.40. The van der Waals surface area contributed by atoms with Crippen LogP contribution in [0.4, 0.5) is 10.1 Å². The van der Waals surface area contributed by atoms with Gasteiger partial charge < -0.3 is 10.1 Å². The highest BCUT2D eigenvalue weighted by Crippen LogP contribution is 2.36. The number of thiophene rings is 1.